The maximum Gasteiger partial charge on any atom is 0.0571 e. The fourth-order valence-electron chi connectivity index (χ4n) is 4.62. The Morgan fingerprint density at radius 2 is 1.33 bits per heavy atom. The van der Waals surface area contributed by atoms with Crippen LogP contribution in [0.4, 0.5) is 0 Å². The van der Waals surface area contributed by atoms with E-state index < -0.39 is 0 Å². The first-order valence-electron chi connectivity index (χ1n) is 7.02. The van der Waals surface area contributed by atoms with Crippen molar-refractivity contribution in [3.05, 3.63) is 0 Å². The normalized spacial score (nSPS) is 50.6. The molecule has 1 heteroatoms. The van der Waals surface area contributed by atoms with E-state index in [9.17, 15) is 5.11 Å². The minimum atomic E-state index is 0.0478. The lowest BCUT2D eigenvalue weighted by Crippen LogP contribution is -2.41. The second kappa shape index (κ2) is 4.08. The van der Waals surface area contributed by atoms with Gasteiger partial charge in [-0.3, -0.25) is 0 Å². The molecule has 3 aliphatic rings. The summed E-state index contributed by atoms with van der Waals surface area (Å²) in [5.74, 6) is 3.57. The van der Waals surface area contributed by atoms with Crippen molar-refractivity contribution in [2.24, 2.45) is 23.7 Å². The number of hydrogen-bond donors (Lipinski definition) is 1. The number of aliphatic hydroxyl groups excluding tert-OH is 1. The zero-order valence-corrected chi connectivity index (χ0v) is 9.70. The van der Waals surface area contributed by atoms with Gasteiger partial charge in [-0.1, -0.05) is 32.1 Å². The van der Waals surface area contributed by atoms with Crippen LogP contribution in [0.5, 0.6) is 0 Å². The molecule has 0 saturated heterocycles. The molecular formula is C14H24O. The third-order valence-corrected chi connectivity index (χ3v) is 5.42. The van der Waals surface area contributed by atoms with Crippen LogP contribution in [-0.2, 0) is 0 Å². The van der Waals surface area contributed by atoms with Crippen LogP contribution < -0.4 is 0 Å². The molecule has 0 bridgehead atoms. The van der Waals surface area contributed by atoms with Crippen molar-refractivity contribution in [1.29, 1.82) is 0 Å². The van der Waals surface area contributed by atoms with Crippen molar-refractivity contribution < 1.29 is 5.11 Å². The van der Waals surface area contributed by atoms with Crippen LogP contribution in [-0.4, -0.2) is 11.2 Å². The predicted molar refractivity (Wildman–Crippen MR) is 61.5 cm³/mol. The fourth-order valence-corrected chi connectivity index (χ4v) is 4.62. The van der Waals surface area contributed by atoms with Crippen LogP contribution in [0.2, 0.25) is 0 Å². The summed E-state index contributed by atoms with van der Waals surface area (Å²) >= 11 is 0. The fraction of sp³-hybridized carbons (Fsp3) is 1.00. The van der Waals surface area contributed by atoms with E-state index in [1.54, 1.807) is 0 Å². The summed E-state index contributed by atoms with van der Waals surface area (Å²) in [6, 6.07) is 0. The molecule has 0 spiro atoms. The average Bonchev–Trinajstić information content (AvgIpc) is 2.27. The number of rotatable bonds is 0. The molecular weight excluding hydrogens is 184 g/mol. The van der Waals surface area contributed by atoms with Gasteiger partial charge in [-0.15, -0.1) is 0 Å². The Hall–Kier alpha value is -0.0400. The predicted octanol–water partition coefficient (Wildman–Crippen LogP) is 3.36. The molecule has 0 aromatic carbocycles. The summed E-state index contributed by atoms with van der Waals surface area (Å²) in [7, 11) is 0. The molecule has 86 valence electrons. The second-order valence-corrected chi connectivity index (χ2v) is 6.20. The minimum absolute atomic E-state index is 0.0478. The van der Waals surface area contributed by atoms with Gasteiger partial charge in [0.15, 0.2) is 0 Å². The molecule has 15 heavy (non-hydrogen) atoms. The van der Waals surface area contributed by atoms with E-state index in [2.05, 4.69) is 0 Å². The lowest BCUT2D eigenvalue weighted by molar-refractivity contribution is -0.0335. The Labute approximate surface area is 93.3 Å². The summed E-state index contributed by atoms with van der Waals surface area (Å²) in [6.45, 7) is 0. The Kier molecular flexibility index (Phi) is 2.76. The van der Waals surface area contributed by atoms with E-state index in [1.165, 1.54) is 51.4 Å². The van der Waals surface area contributed by atoms with Gasteiger partial charge in [-0.25, -0.2) is 0 Å². The van der Waals surface area contributed by atoms with Gasteiger partial charge in [-0.05, 0) is 49.4 Å². The first-order chi connectivity index (χ1) is 7.34. The smallest absolute Gasteiger partial charge is 0.0571 e. The average molecular weight is 208 g/mol. The van der Waals surface area contributed by atoms with Crippen molar-refractivity contribution in [3.63, 3.8) is 0 Å². The third kappa shape index (κ3) is 1.84. The summed E-state index contributed by atoms with van der Waals surface area (Å²) in [5, 5.41) is 10.1. The molecule has 0 radical (unpaired) electrons. The molecule has 0 aliphatic heterocycles. The zero-order valence-electron chi connectivity index (χ0n) is 9.70. The maximum absolute atomic E-state index is 10.1. The second-order valence-electron chi connectivity index (χ2n) is 6.20. The Balaban J connectivity index is 1.71. The maximum atomic E-state index is 10.1. The molecule has 3 fully saturated rings. The number of hydrogen-bond acceptors (Lipinski definition) is 1. The molecule has 0 amide bonds. The molecule has 3 aliphatic carbocycles. The van der Waals surface area contributed by atoms with E-state index in [0.717, 1.165) is 24.2 Å². The highest BCUT2D eigenvalue weighted by molar-refractivity contribution is 4.92. The molecule has 3 rings (SSSR count). The third-order valence-electron chi connectivity index (χ3n) is 5.42. The van der Waals surface area contributed by atoms with Crippen molar-refractivity contribution in [2.45, 2.75) is 63.9 Å². The van der Waals surface area contributed by atoms with Crippen LogP contribution >= 0.6 is 0 Å². The van der Waals surface area contributed by atoms with Crippen molar-refractivity contribution in [3.8, 4) is 0 Å². The van der Waals surface area contributed by atoms with Gasteiger partial charge in [0.2, 0.25) is 0 Å². The van der Waals surface area contributed by atoms with E-state index in [0.29, 0.717) is 5.92 Å². The van der Waals surface area contributed by atoms with Crippen LogP contribution in [0.25, 0.3) is 0 Å². The SMILES string of the molecule is OC1CCCC2CC3CCCCC3CC12. The molecule has 5 atom stereocenters. The van der Waals surface area contributed by atoms with E-state index in [4.69, 9.17) is 0 Å². The van der Waals surface area contributed by atoms with E-state index in [1.807, 2.05) is 0 Å². The Morgan fingerprint density at radius 3 is 2.13 bits per heavy atom. The number of aliphatic hydroxyl groups is 1. The van der Waals surface area contributed by atoms with Crippen LogP contribution in [0.15, 0.2) is 0 Å². The number of fused-ring (bicyclic) bond motifs is 2. The Morgan fingerprint density at radius 1 is 0.667 bits per heavy atom. The summed E-state index contributed by atoms with van der Waals surface area (Å²) in [5.41, 5.74) is 0. The molecule has 1 nitrogen and oxygen atoms in total. The lowest BCUT2D eigenvalue weighted by atomic mass is 9.59. The largest absolute Gasteiger partial charge is 0.393 e. The molecule has 3 saturated carbocycles. The van der Waals surface area contributed by atoms with Crippen molar-refractivity contribution in [1.82, 2.24) is 0 Å². The van der Waals surface area contributed by atoms with E-state index in [-0.39, 0.29) is 6.10 Å². The van der Waals surface area contributed by atoms with Crippen LogP contribution in [0.3, 0.4) is 0 Å². The Bertz CT molecular complexity index is 225. The molecule has 0 aromatic heterocycles. The summed E-state index contributed by atoms with van der Waals surface area (Å²) in [4.78, 5) is 0. The minimum Gasteiger partial charge on any atom is -0.393 e. The van der Waals surface area contributed by atoms with Gasteiger partial charge in [0.25, 0.3) is 0 Å². The quantitative estimate of drug-likeness (QED) is 0.647. The topological polar surface area (TPSA) is 20.2 Å². The monoisotopic (exact) mass is 208 g/mol. The van der Waals surface area contributed by atoms with Gasteiger partial charge < -0.3 is 5.11 Å². The van der Waals surface area contributed by atoms with Gasteiger partial charge >= 0.3 is 0 Å². The molecule has 5 unspecified atom stereocenters. The highest BCUT2D eigenvalue weighted by Crippen LogP contribution is 2.49. The first-order valence-corrected chi connectivity index (χ1v) is 7.02. The summed E-state index contributed by atoms with van der Waals surface area (Å²) < 4.78 is 0. The zero-order chi connectivity index (χ0) is 10.3. The first kappa shape index (κ1) is 10.1. The van der Waals surface area contributed by atoms with Crippen LogP contribution in [0.1, 0.15) is 57.8 Å². The van der Waals surface area contributed by atoms with E-state index >= 15 is 0 Å². The molecule has 0 heterocycles. The van der Waals surface area contributed by atoms with Crippen molar-refractivity contribution >= 4 is 0 Å². The van der Waals surface area contributed by atoms with Gasteiger partial charge in [0.05, 0.1) is 6.10 Å². The standard InChI is InChI=1S/C14H24O/c15-14-7-3-6-12-8-10-4-1-2-5-11(10)9-13(12)14/h10-15H,1-9H2. The lowest BCUT2D eigenvalue weighted by Gasteiger charge is -2.47. The van der Waals surface area contributed by atoms with Crippen molar-refractivity contribution in [2.75, 3.05) is 0 Å². The van der Waals surface area contributed by atoms with Gasteiger partial charge in [0, 0.05) is 0 Å². The molecule has 1 N–H and O–H groups in total. The summed E-state index contributed by atoms with van der Waals surface area (Å²) in [6.07, 6.45) is 12.5. The highest BCUT2D eigenvalue weighted by atomic mass is 16.3. The highest BCUT2D eigenvalue weighted by Gasteiger charge is 2.42. The van der Waals surface area contributed by atoms with Gasteiger partial charge in [-0.2, -0.15) is 0 Å². The van der Waals surface area contributed by atoms with Crippen LogP contribution in [0, 0.1) is 23.7 Å². The van der Waals surface area contributed by atoms with Gasteiger partial charge in [0.1, 0.15) is 0 Å². The molecule has 0 aromatic rings.